The van der Waals surface area contributed by atoms with Gasteiger partial charge in [0.05, 0.1) is 12.5 Å². The quantitative estimate of drug-likeness (QED) is 0.223. The molecule has 0 aliphatic carbocycles. The highest BCUT2D eigenvalue weighted by Crippen LogP contribution is 2.35. The number of fused-ring (bicyclic) bond motifs is 2. The Labute approximate surface area is 309 Å². The first-order valence-electron chi connectivity index (χ1n) is 18.4. The lowest BCUT2D eigenvalue weighted by molar-refractivity contribution is -0.156. The summed E-state index contributed by atoms with van der Waals surface area (Å²) in [5.41, 5.74) is 3.76. The number of para-hydroxylation sites is 1. The summed E-state index contributed by atoms with van der Waals surface area (Å²) >= 11 is 1.65. The number of carbonyl (C=O) groups excluding carboxylic acids is 5. The molecule has 3 aromatic carbocycles. The van der Waals surface area contributed by atoms with Crippen LogP contribution in [0.5, 0.6) is 0 Å². The second-order valence-corrected chi connectivity index (χ2v) is 15.3. The van der Waals surface area contributed by atoms with E-state index in [2.05, 4.69) is 16.0 Å². The molecule has 11 heteroatoms. The molecule has 3 heterocycles. The number of anilines is 1. The Bertz CT molecular complexity index is 1720. The van der Waals surface area contributed by atoms with E-state index in [-0.39, 0.29) is 29.0 Å². The molecule has 6 unspecified atom stereocenters. The standard InChI is InChI=1S/C41H48N4O6S/c1-51-41(50)35-17-10-18-36-45(35)40(49)34(23-24-52-36)44-38(47)31(26-28-13-6-3-7-14-28)20-19-30(25-27-11-4-2-5-12-27)37(46)43-33-22-21-29-15-8-9-16-32(29)42-39(33)48/h2-9,11-16,30-31,33-36H,10,17-26H2,1H3,(H,42,48)(H,43,46)(H,44,47). The number of ether oxygens (including phenoxy) is 1. The van der Waals surface area contributed by atoms with Crippen LogP contribution in [0.4, 0.5) is 5.69 Å². The number of nitrogens with one attached hydrogen (secondary N) is 3. The van der Waals surface area contributed by atoms with Gasteiger partial charge >= 0.3 is 5.97 Å². The van der Waals surface area contributed by atoms with Gasteiger partial charge in [0.15, 0.2) is 0 Å². The SMILES string of the molecule is COC(=O)C1CCCC2SCCC(NC(=O)C(CCC(Cc3ccccc3)C(=O)NC3CCc4ccccc4NC3=O)Cc3ccccc3)C(=O)N21. The van der Waals surface area contributed by atoms with Crippen LogP contribution in [0, 0.1) is 11.8 Å². The summed E-state index contributed by atoms with van der Waals surface area (Å²) in [5.74, 6) is -1.75. The van der Waals surface area contributed by atoms with Gasteiger partial charge in [0.1, 0.15) is 18.1 Å². The first-order valence-corrected chi connectivity index (χ1v) is 19.4. The zero-order valence-electron chi connectivity index (χ0n) is 29.6. The molecule has 3 aromatic rings. The van der Waals surface area contributed by atoms with Crippen LogP contribution in [0.2, 0.25) is 0 Å². The molecule has 0 saturated carbocycles. The molecule has 274 valence electrons. The summed E-state index contributed by atoms with van der Waals surface area (Å²) in [5, 5.41) is 8.97. The lowest BCUT2D eigenvalue weighted by Gasteiger charge is -2.40. The highest BCUT2D eigenvalue weighted by Gasteiger charge is 2.44. The van der Waals surface area contributed by atoms with Crippen molar-refractivity contribution in [3.63, 3.8) is 0 Å². The van der Waals surface area contributed by atoms with Crippen molar-refractivity contribution in [2.75, 3.05) is 18.2 Å². The third kappa shape index (κ3) is 9.23. The van der Waals surface area contributed by atoms with Crippen molar-refractivity contribution >= 4 is 47.0 Å². The fraction of sp³-hybridized carbons (Fsp3) is 0.439. The van der Waals surface area contributed by atoms with Crippen LogP contribution in [0.1, 0.15) is 61.6 Å². The minimum absolute atomic E-state index is 0.130. The molecule has 52 heavy (non-hydrogen) atoms. The number of nitrogens with zero attached hydrogens (tertiary/aromatic N) is 1. The van der Waals surface area contributed by atoms with Crippen molar-refractivity contribution in [1.29, 1.82) is 0 Å². The van der Waals surface area contributed by atoms with E-state index in [9.17, 15) is 24.0 Å². The Kier molecular flexibility index (Phi) is 12.7. The molecule has 2 saturated heterocycles. The summed E-state index contributed by atoms with van der Waals surface area (Å²) in [6, 6.07) is 25.1. The molecule has 6 rings (SSSR count). The first kappa shape index (κ1) is 37.1. The number of benzene rings is 3. The maximum Gasteiger partial charge on any atom is 0.328 e. The highest BCUT2D eigenvalue weighted by atomic mass is 32.2. The Hall–Kier alpha value is -4.64. The number of thioether (sulfide) groups is 1. The van der Waals surface area contributed by atoms with Gasteiger partial charge < -0.3 is 25.6 Å². The van der Waals surface area contributed by atoms with Gasteiger partial charge in [0.2, 0.25) is 23.6 Å². The van der Waals surface area contributed by atoms with Crippen molar-refractivity contribution in [3.8, 4) is 0 Å². The average molecular weight is 725 g/mol. The predicted molar refractivity (Wildman–Crippen MR) is 201 cm³/mol. The molecule has 10 nitrogen and oxygen atoms in total. The third-order valence-corrected chi connectivity index (χ3v) is 11.8. The maximum absolute atomic E-state index is 14.2. The molecule has 3 aliphatic heterocycles. The van der Waals surface area contributed by atoms with Gasteiger partial charge in [0.25, 0.3) is 0 Å². The number of hydrogen-bond donors (Lipinski definition) is 3. The highest BCUT2D eigenvalue weighted by molar-refractivity contribution is 7.99. The van der Waals surface area contributed by atoms with Crippen LogP contribution >= 0.6 is 11.8 Å². The van der Waals surface area contributed by atoms with Gasteiger partial charge in [-0.3, -0.25) is 19.2 Å². The molecule has 0 radical (unpaired) electrons. The summed E-state index contributed by atoms with van der Waals surface area (Å²) in [6.45, 7) is 0. The Morgan fingerprint density at radius 1 is 0.788 bits per heavy atom. The molecule has 6 atom stereocenters. The van der Waals surface area contributed by atoms with Gasteiger partial charge in [-0.15, -0.1) is 11.8 Å². The number of esters is 1. The van der Waals surface area contributed by atoms with Gasteiger partial charge in [-0.25, -0.2) is 4.79 Å². The second kappa shape index (κ2) is 17.7. The van der Waals surface area contributed by atoms with E-state index in [1.54, 1.807) is 16.7 Å². The predicted octanol–water partition coefficient (Wildman–Crippen LogP) is 5.06. The van der Waals surface area contributed by atoms with E-state index in [4.69, 9.17) is 4.74 Å². The molecule has 0 aromatic heterocycles. The lowest BCUT2D eigenvalue weighted by atomic mass is 9.86. The topological polar surface area (TPSA) is 134 Å². The summed E-state index contributed by atoms with van der Waals surface area (Å²) < 4.78 is 5.06. The van der Waals surface area contributed by atoms with Crippen molar-refractivity contribution in [1.82, 2.24) is 15.5 Å². The minimum Gasteiger partial charge on any atom is -0.467 e. The van der Waals surface area contributed by atoms with Gasteiger partial charge in [0, 0.05) is 17.5 Å². The zero-order valence-corrected chi connectivity index (χ0v) is 30.4. The van der Waals surface area contributed by atoms with Crippen molar-refractivity contribution < 1.29 is 28.7 Å². The Morgan fingerprint density at radius 2 is 1.38 bits per heavy atom. The normalized spacial score (nSPS) is 22.7. The van der Waals surface area contributed by atoms with E-state index in [0.29, 0.717) is 57.1 Å². The van der Waals surface area contributed by atoms with Crippen LogP contribution < -0.4 is 16.0 Å². The Balaban J connectivity index is 1.19. The van der Waals surface area contributed by atoms with Crippen molar-refractivity contribution in [2.45, 2.75) is 87.7 Å². The van der Waals surface area contributed by atoms with Crippen molar-refractivity contribution in [3.05, 3.63) is 102 Å². The van der Waals surface area contributed by atoms with E-state index in [1.165, 1.54) is 7.11 Å². The number of piperidine rings is 1. The summed E-state index contributed by atoms with van der Waals surface area (Å²) in [6.07, 6.45) is 5.41. The molecule has 4 amide bonds. The van der Waals surface area contributed by atoms with Crippen LogP contribution in [-0.4, -0.2) is 70.9 Å². The second-order valence-electron chi connectivity index (χ2n) is 14.0. The average Bonchev–Trinajstić information content (AvgIpc) is 3.43. The number of hydrogen-bond acceptors (Lipinski definition) is 7. The van der Waals surface area contributed by atoms with Crippen molar-refractivity contribution in [2.24, 2.45) is 11.8 Å². The van der Waals surface area contributed by atoms with E-state index < -0.39 is 35.9 Å². The van der Waals surface area contributed by atoms with E-state index in [1.807, 2.05) is 84.9 Å². The molecule has 0 spiro atoms. The van der Waals surface area contributed by atoms with Gasteiger partial charge in [-0.2, -0.15) is 0 Å². The monoisotopic (exact) mass is 724 g/mol. The first-order chi connectivity index (χ1) is 25.3. The molecule has 2 fully saturated rings. The van der Waals surface area contributed by atoms with Crippen LogP contribution in [0.25, 0.3) is 0 Å². The number of rotatable bonds is 12. The Morgan fingerprint density at radius 3 is 2.02 bits per heavy atom. The smallest absolute Gasteiger partial charge is 0.328 e. The summed E-state index contributed by atoms with van der Waals surface area (Å²) in [4.78, 5) is 69.8. The minimum atomic E-state index is -0.769. The molecule has 3 aliphatic rings. The molecular weight excluding hydrogens is 677 g/mol. The zero-order chi connectivity index (χ0) is 36.5. The molecule has 0 bridgehead atoms. The number of methoxy groups -OCH3 is 1. The summed E-state index contributed by atoms with van der Waals surface area (Å²) in [7, 11) is 1.34. The van der Waals surface area contributed by atoms with E-state index >= 15 is 0 Å². The van der Waals surface area contributed by atoms with Crippen LogP contribution in [0.15, 0.2) is 84.9 Å². The lowest BCUT2D eigenvalue weighted by Crippen LogP contribution is -2.57. The van der Waals surface area contributed by atoms with E-state index in [0.717, 1.165) is 35.2 Å². The van der Waals surface area contributed by atoms with Crippen LogP contribution in [0.3, 0.4) is 0 Å². The number of carbonyl (C=O) groups is 5. The van der Waals surface area contributed by atoms with Crippen LogP contribution in [-0.2, 0) is 48.0 Å². The molecule has 3 N–H and O–H groups in total. The largest absolute Gasteiger partial charge is 0.467 e. The maximum atomic E-state index is 14.2. The third-order valence-electron chi connectivity index (χ3n) is 10.5. The molecular formula is C41H48N4O6S. The number of aryl methyl sites for hydroxylation is 1. The van der Waals surface area contributed by atoms with Gasteiger partial charge in [-0.05, 0) is 92.7 Å². The fourth-order valence-electron chi connectivity index (χ4n) is 7.63. The fourth-order valence-corrected chi connectivity index (χ4v) is 9.02. The number of amides is 4. The van der Waals surface area contributed by atoms with Gasteiger partial charge in [-0.1, -0.05) is 78.9 Å².